The van der Waals surface area contributed by atoms with E-state index in [1.54, 1.807) is 0 Å². The molecule has 0 radical (unpaired) electrons. The lowest BCUT2D eigenvalue weighted by molar-refractivity contribution is -0.125. The highest BCUT2D eigenvalue weighted by Crippen LogP contribution is 2.10. The third-order valence-electron chi connectivity index (χ3n) is 2.67. The van der Waals surface area contributed by atoms with Crippen LogP contribution >= 0.6 is 0 Å². The van der Waals surface area contributed by atoms with Crippen molar-refractivity contribution in [3.05, 3.63) is 0 Å². The van der Waals surface area contributed by atoms with Gasteiger partial charge in [0.2, 0.25) is 11.8 Å². The van der Waals surface area contributed by atoms with Crippen molar-refractivity contribution in [2.75, 3.05) is 19.6 Å². The molecule has 1 rings (SSSR count). The molecule has 1 aliphatic heterocycles. The highest BCUT2D eigenvalue weighted by atomic mass is 16.2. The van der Waals surface area contributed by atoms with Crippen LogP contribution in [0.4, 0.5) is 0 Å². The molecule has 0 spiro atoms. The summed E-state index contributed by atoms with van der Waals surface area (Å²) < 4.78 is 0. The smallest absolute Gasteiger partial charge is 0.239 e. The molecule has 2 atom stereocenters. The third-order valence-corrected chi connectivity index (χ3v) is 2.67. The van der Waals surface area contributed by atoms with E-state index < -0.39 is 0 Å². The molecule has 2 unspecified atom stereocenters. The van der Waals surface area contributed by atoms with E-state index in [1.165, 1.54) is 6.92 Å². The van der Waals surface area contributed by atoms with E-state index in [1.807, 2.05) is 0 Å². The van der Waals surface area contributed by atoms with E-state index >= 15 is 0 Å². The van der Waals surface area contributed by atoms with Gasteiger partial charge in [-0.3, -0.25) is 9.59 Å². The van der Waals surface area contributed by atoms with E-state index in [0.29, 0.717) is 5.92 Å². The number of rotatable bonds is 3. The van der Waals surface area contributed by atoms with Crippen LogP contribution in [-0.4, -0.2) is 37.5 Å². The largest absolute Gasteiger partial charge is 0.350 e. The number of carbonyl (C=O) groups is 2. The fourth-order valence-electron chi connectivity index (χ4n) is 1.65. The first-order valence-electron chi connectivity index (χ1n) is 5.34. The molecule has 0 saturated carbocycles. The topological polar surface area (TPSA) is 70.2 Å². The van der Waals surface area contributed by atoms with Gasteiger partial charge in [0.15, 0.2) is 0 Å². The molecular formula is C10H19N3O2. The van der Waals surface area contributed by atoms with Crippen molar-refractivity contribution in [2.24, 2.45) is 5.92 Å². The quantitative estimate of drug-likeness (QED) is 0.577. The first kappa shape index (κ1) is 12.0. The zero-order valence-corrected chi connectivity index (χ0v) is 9.30. The van der Waals surface area contributed by atoms with Crippen molar-refractivity contribution in [1.29, 1.82) is 0 Å². The summed E-state index contributed by atoms with van der Waals surface area (Å²) in [6.45, 7) is 5.42. The molecule has 1 heterocycles. The Hall–Kier alpha value is -1.10. The monoisotopic (exact) mass is 213 g/mol. The second kappa shape index (κ2) is 5.70. The van der Waals surface area contributed by atoms with Crippen LogP contribution in [0.25, 0.3) is 0 Å². The van der Waals surface area contributed by atoms with Crippen molar-refractivity contribution in [3.8, 4) is 0 Å². The van der Waals surface area contributed by atoms with Crippen molar-refractivity contribution >= 4 is 11.8 Å². The lowest BCUT2D eigenvalue weighted by Gasteiger charge is -2.30. The normalized spacial score (nSPS) is 25.7. The highest BCUT2D eigenvalue weighted by molar-refractivity contribution is 5.83. The number of nitrogens with one attached hydrogen (secondary N) is 3. The van der Waals surface area contributed by atoms with Gasteiger partial charge in [0, 0.05) is 19.5 Å². The summed E-state index contributed by atoms with van der Waals surface area (Å²) in [5, 5.41) is 8.62. The van der Waals surface area contributed by atoms with Gasteiger partial charge < -0.3 is 16.0 Å². The van der Waals surface area contributed by atoms with Crippen LogP contribution in [0.3, 0.4) is 0 Å². The summed E-state index contributed by atoms with van der Waals surface area (Å²) in [6, 6.07) is 0.181. The Bertz CT molecular complexity index is 243. The summed E-state index contributed by atoms with van der Waals surface area (Å²) in [4.78, 5) is 22.0. The zero-order valence-electron chi connectivity index (χ0n) is 9.30. The predicted octanol–water partition coefficient (Wildman–Crippen LogP) is -0.763. The van der Waals surface area contributed by atoms with Gasteiger partial charge in [0.25, 0.3) is 0 Å². The fraction of sp³-hybridized carbons (Fsp3) is 0.800. The van der Waals surface area contributed by atoms with Crippen LogP contribution in [0.15, 0.2) is 0 Å². The van der Waals surface area contributed by atoms with Crippen LogP contribution in [0.5, 0.6) is 0 Å². The van der Waals surface area contributed by atoms with Gasteiger partial charge in [-0.25, -0.2) is 0 Å². The molecule has 0 bridgehead atoms. The lowest BCUT2D eigenvalue weighted by atomic mass is 9.95. The first-order valence-corrected chi connectivity index (χ1v) is 5.34. The fourth-order valence-corrected chi connectivity index (χ4v) is 1.65. The average Bonchev–Trinajstić information content (AvgIpc) is 2.18. The van der Waals surface area contributed by atoms with E-state index in [0.717, 1.165) is 19.5 Å². The minimum absolute atomic E-state index is 0.0680. The van der Waals surface area contributed by atoms with Crippen molar-refractivity contribution in [3.63, 3.8) is 0 Å². The van der Waals surface area contributed by atoms with Gasteiger partial charge in [-0.05, 0) is 18.9 Å². The maximum absolute atomic E-state index is 11.4. The Morgan fingerprint density at radius 2 is 2.20 bits per heavy atom. The van der Waals surface area contributed by atoms with E-state index in [4.69, 9.17) is 0 Å². The zero-order chi connectivity index (χ0) is 11.3. The van der Waals surface area contributed by atoms with Crippen LogP contribution in [0.2, 0.25) is 0 Å². The molecule has 2 amide bonds. The van der Waals surface area contributed by atoms with Gasteiger partial charge in [-0.15, -0.1) is 0 Å². The minimum Gasteiger partial charge on any atom is -0.350 e. The van der Waals surface area contributed by atoms with Gasteiger partial charge in [0.05, 0.1) is 6.54 Å². The Balaban J connectivity index is 2.26. The second-order valence-corrected chi connectivity index (χ2v) is 4.05. The van der Waals surface area contributed by atoms with Crippen LogP contribution < -0.4 is 16.0 Å². The maximum Gasteiger partial charge on any atom is 0.239 e. The molecular weight excluding hydrogens is 194 g/mol. The van der Waals surface area contributed by atoms with Crippen molar-refractivity contribution in [2.45, 2.75) is 26.3 Å². The van der Waals surface area contributed by atoms with Crippen LogP contribution in [0.1, 0.15) is 20.3 Å². The van der Waals surface area contributed by atoms with E-state index in [9.17, 15) is 9.59 Å². The first-order chi connectivity index (χ1) is 7.09. The molecule has 1 aliphatic rings. The summed E-state index contributed by atoms with van der Waals surface area (Å²) in [5.41, 5.74) is 0. The highest BCUT2D eigenvalue weighted by Gasteiger charge is 2.22. The molecule has 1 fully saturated rings. The number of piperidine rings is 1. The summed E-state index contributed by atoms with van der Waals surface area (Å²) in [5.74, 6) is 0.193. The Morgan fingerprint density at radius 1 is 1.47 bits per heavy atom. The van der Waals surface area contributed by atoms with Crippen molar-refractivity contribution in [1.82, 2.24) is 16.0 Å². The number of carbonyl (C=O) groups excluding carboxylic acids is 2. The molecule has 1 saturated heterocycles. The van der Waals surface area contributed by atoms with Crippen molar-refractivity contribution < 1.29 is 9.59 Å². The Kier molecular flexibility index (Phi) is 4.55. The number of amides is 2. The van der Waals surface area contributed by atoms with E-state index in [-0.39, 0.29) is 24.4 Å². The third kappa shape index (κ3) is 4.29. The summed E-state index contributed by atoms with van der Waals surface area (Å²) >= 11 is 0. The molecule has 15 heavy (non-hydrogen) atoms. The molecule has 86 valence electrons. The number of hydrogen-bond acceptors (Lipinski definition) is 3. The molecule has 0 aromatic heterocycles. The summed E-state index contributed by atoms with van der Waals surface area (Å²) in [6.07, 6.45) is 1.07. The Morgan fingerprint density at radius 3 is 2.80 bits per heavy atom. The minimum atomic E-state index is -0.181. The van der Waals surface area contributed by atoms with Gasteiger partial charge in [0.1, 0.15) is 0 Å². The molecule has 0 aromatic rings. The molecule has 3 N–H and O–H groups in total. The van der Waals surface area contributed by atoms with Crippen LogP contribution in [0, 0.1) is 5.92 Å². The van der Waals surface area contributed by atoms with Crippen LogP contribution in [-0.2, 0) is 9.59 Å². The lowest BCUT2D eigenvalue weighted by Crippen LogP contribution is -2.52. The molecule has 0 aromatic carbocycles. The molecule has 5 nitrogen and oxygen atoms in total. The number of hydrogen-bond donors (Lipinski definition) is 3. The summed E-state index contributed by atoms with van der Waals surface area (Å²) in [7, 11) is 0. The molecule has 0 aliphatic carbocycles. The standard InChI is InChI=1S/C10H19N3O2/c1-7-3-4-11-5-9(7)13-10(15)6-12-8(2)14/h7,9,11H,3-6H2,1-2H3,(H,12,14)(H,13,15). The van der Waals surface area contributed by atoms with Gasteiger partial charge >= 0.3 is 0 Å². The second-order valence-electron chi connectivity index (χ2n) is 4.05. The van der Waals surface area contributed by atoms with Gasteiger partial charge in [-0.2, -0.15) is 0 Å². The average molecular weight is 213 g/mol. The maximum atomic E-state index is 11.4. The van der Waals surface area contributed by atoms with Gasteiger partial charge in [-0.1, -0.05) is 6.92 Å². The Labute approximate surface area is 90.0 Å². The SMILES string of the molecule is CC(=O)NCC(=O)NC1CNCCC1C. The molecule has 5 heteroatoms. The van der Waals surface area contributed by atoms with E-state index in [2.05, 4.69) is 22.9 Å². The predicted molar refractivity (Wildman–Crippen MR) is 57.3 cm³/mol.